The van der Waals surface area contributed by atoms with Gasteiger partial charge in [-0.15, -0.1) is 0 Å². The van der Waals surface area contributed by atoms with Crippen LogP contribution in [0.15, 0.2) is 66.7 Å². The van der Waals surface area contributed by atoms with E-state index in [0.29, 0.717) is 5.57 Å². The van der Waals surface area contributed by atoms with Crippen molar-refractivity contribution in [2.24, 2.45) is 0 Å². The Bertz CT molecular complexity index is 882. The third-order valence-corrected chi connectivity index (χ3v) is 3.64. The smallest absolute Gasteiger partial charge is 0.126 e. The third-order valence-electron chi connectivity index (χ3n) is 3.64. The van der Waals surface area contributed by atoms with Gasteiger partial charge in [0.2, 0.25) is 0 Å². The van der Waals surface area contributed by atoms with Gasteiger partial charge >= 0.3 is 0 Å². The molecule has 2 heteroatoms. The zero-order valence-corrected chi connectivity index (χ0v) is 12.3. The van der Waals surface area contributed by atoms with E-state index in [1.165, 1.54) is 0 Å². The molecule has 106 valence electrons. The summed E-state index contributed by atoms with van der Waals surface area (Å²) in [6.07, 6.45) is 1.88. The molecule has 0 bridgehead atoms. The van der Waals surface area contributed by atoms with Crippen LogP contribution >= 0.6 is 0 Å². The minimum atomic E-state index is 0.626. The Morgan fingerprint density at radius 2 is 1.68 bits per heavy atom. The summed E-state index contributed by atoms with van der Waals surface area (Å²) in [5.41, 5.74) is 2.46. The third kappa shape index (κ3) is 2.57. The maximum Gasteiger partial charge on any atom is 0.126 e. The summed E-state index contributed by atoms with van der Waals surface area (Å²) >= 11 is 0. The van der Waals surface area contributed by atoms with Crippen LogP contribution in [-0.2, 0) is 0 Å². The van der Waals surface area contributed by atoms with Crippen LogP contribution in [0.4, 0.5) is 0 Å². The minimum absolute atomic E-state index is 0.626. The Morgan fingerprint density at radius 3 is 2.50 bits per heavy atom. The molecule has 3 rings (SSSR count). The van der Waals surface area contributed by atoms with Gasteiger partial charge in [0.25, 0.3) is 0 Å². The molecule has 0 saturated carbocycles. The largest absolute Gasteiger partial charge is 0.496 e. The highest BCUT2D eigenvalue weighted by Crippen LogP contribution is 2.28. The van der Waals surface area contributed by atoms with E-state index in [-0.39, 0.29) is 0 Å². The number of ether oxygens (including phenoxy) is 1. The molecule has 3 aromatic carbocycles. The molecule has 3 aromatic rings. The summed E-state index contributed by atoms with van der Waals surface area (Å²) in [6, 6.07) is 24.1. The topological polar surface area (TPSA) is 33.0 Å². The molecule has 0 aliphatic heterocycles. The molecule has 0 aliphatic rings. The fourth-order valence-corrected chi connectivity index (χ4v) is 2.57. The average Bonchev–Trinajstić information content (AvgIpc) is 2.59. The summed E-state index contributed by atoms with van der Waals surface area (Å²) in [7, 11) is 1.64. The molecule has 0 unspecified atom stereocenters. The minimum Gasteiger partial charge on any atom is -0.496 e. The lowest BCUT2D eigenvalue weighted by molar-refractivity contribution is 0.414. The first-order valence-corrected chi connectivity index (χ1v) is 7.06. The van der Waals surface area contributed by atoms with Crippen molar-refractivity contribution in [2.45, 2.75) is 0 Å². The SMILES string of the molecule is COc1ccccc1C=C(C#N)c1cccc2ccccc12. The monoisotopic (exact) mass is 285 g/mol. The molecular formula is C20H15NO. The molecule has 22 heavy (non-hydrogen) atoms. The van der Waals surface area contributed by atoms with E-state index in [2.05, 4.69) is 18.2 Å². The normalized spacial score (nSPS) is 11.2. The van der Waals surface area contributed by atoms with Crippen LogP contribution in [0.2, 0.25) is 0 Å². The van der Waals surface area contributed by atoms with Gasteiger partial charge in [0, 0.05) is 11.1 Å². The molecular weight excluding hydrogens is 270 g/mol. The van der Waals surface area contributed by atoms with Gasteiger partial charge in [0.1, 0.15) is 5.75 Å². The highest BCUT2D eigenvalue weighted by atomic mass is 16.5. The summed E-state index contributed by atoms with van der Waals surface area (Å²) in [6.45, 7) is 0. The molecule has 0 atom stereocenters. The van der Waals surface area contributed by atoms with Crippen LogP contribution in [0.1, 0.15) is 11.1 Å². The predicted molar refractivity (Wildman–Crippen MR) is 90.4 cm³/mol. The Hall–Kier alpha value is -3.05. The van der Waals surface area contributed by atoms with Crippen molar-refractivity contribution in [1.82, 2.24) is 0 Å². The van der Waals surface area contributed by atoms with Gasteiger partial charge in [-0.25, -0.2) is 0 Å². The maximum atomic E-state index is 9.60. The van der Waals surface area contributed by atoms with Crippen molar-refractivity contribution >= 4 is 22.4 Å². The van der Waals surface area contributed by atoms with Crippen LogP contribution in [0.5, 0.6) is 5.75 Å². The Kier molecular flexibility index (Phi) is 3.89. The molecule has 0 amide bonds. The molecule has 0 saturated heterocycles. The zero-order valence-electron chi connectivity index (χ0n) is 12.3. The Balaban J connectivity index is 2.19. The number of fused-ring (bicyclic) bond motifs is 1. The number of nitrogens with zero attached hydrogens (tertiary/aromatic N) is 1. The molecule has 0 N–H and O–H groups in total. The molecule has 0 heterocycles. The fraction of sp³-hybridized carbons (Fsp3) is 0.0500. The first-order chi connectivity index (χ1) is 10.8. The van der Waals surface area contributed by atoms with E-state index in [9.17, 15) is 5.26 Å². The average molecular weight is 285 g/mol. The quantitative estimate of drug-likeness (QED) is 0.506. The maximum absolute atomic E-state index is 9.60. The van der Waals surface area contributed by atoms with Gasteiger partial charge in [-0.3, -0.25) is 0 Å². The van der Waals surface area contributed by atoms with Crippen molar-refractivity contribution in [3.8, 4) is 11.8 Å². The standard InChI is InChI=1S/C20H15NO/c1-22-20-12-5-3-8-16(20)13-17(14-21)19-11-6-9-15-7-2-4-10-18(15)19/h2-13H,1H3. The summed E-state index contributed by atoms with van der Waals surface area (Å²) in [5.74, 6) is 0.760. The summed E-state index contributed by atoms with van der Waals surface area (Å²) in [5, 5.41) is 11.8. The van der Waals surface area contributed by atoms with Gasteiger partial charge in [-0.2, -0.15) is 5.26 Å². The van der Waals surface area contributed by atoms with Crippen molar-refractivity contribution < 1.29 is 4.74 Å². The van der Waals surface area contributed by atoms with Crippen LogP contribution in [0.3, 0.4) is 0 Å². The lowest BCUT2D eigenvalue weighted by atomic mass is 9.97. The number of nitriles is 1. The van der Waals surface area contributed by atoms with Crippen molar-refractivity contribution in [1.29, 1.82) is 5.26 Å². The lowest BCUT2D eigenvalue weighted by Gasteiger charge is -2.07. The second-order valence-corrected chi connectivity index (χ2v) is 4.94. The number of para-hydroxylation sites is 1. The summed E-state index contributed by atoms with van der Waals surface area (Å²) < 4.78 is 5.36. The lowest BCUT2D eigenvalue weighted by Crippen LogP contribution is -1.88. The Morgan fingerprint density at radius 1 is 0.955 bits per heavy atom. The van der Waals surface area contributed by atoms with Crippen LogP contribution in [-0.4, -0.2) is 7.11 Å². The molecule has 0 fully saturated rings. The van der Waals surface area contributed by atoms with Crippen molar-refractivity contribution in [3.05, 3.63) is 77.9 Å². The molecule has 0 aliphatic carbocycles. The molecule has 0 aromatic heterocycles. The van der Waals surface area contributed by atoms with Gasteiger partial charge in [-0.1, -0.05) is 60.7 Å². The van der Waals surface area contributed by atoms with Gasteiger partial charge < -0.3 is 4.74 Å². The summed E-state index contributed by atoms with van der Waals surface area (Å²) in [4.78, 5) is 0. The van der Waals surface area contributed by atoms with Crippen molar-refractivity contribution in [2.75, 3.05) is 7.11 Å². The van der Waals surface area contributed by atoms with E-state index in [1.54, 1.807) is 7.11 Å². The number of hydrogen-bond donors (Lipinski definition) is 0. The van der Waals surface area contributed by atoms with Crippen LogP contribution in [0.25, 0.3) is 22.4 Å². The van der Waals surface area contributed by atoms with E-state index < -0.39 is 0 Å². The van der Waals surface area contributed by atoms with E-state index in [1.807, 2.05) is 60.7 Å². The fourth-order valence-electron chi connectivity index (χ4n) is 2.57. The predicted octanol–water partition coefficient (Wildman–Crippen LogP) is 4.91. The van der Waals surface area contributed by atoms with Crippen molar-refractivity contribution in [3.63, 3.8) is 0 Å². The first-order valence-electron chi connectivity index (χ1n) is 7.06. The van der Waals surface area contributed by atoms with E-state index in [4.69, 9.17) is 4.74 Å². The number of methoxy groups -OCH3 is 1. The van der Waals surface area contributed by atoms with E-state index in [0.717, 1.165) is 27.6 Å². The number of rotatable bonds is 3. The molecule has 0 spiro atoms. The number of benzene rings is 3. The van der Waals surface area contributed by atoms with Crippen LogP contribution in [0, 0.1) is 11.3 Å². The number of hydrogen-bond acceptors (Lipinski definition) is 2. The second-order valence-electron chi connectivity index (χ2n) is 4.94. The molecule has 0 radical (unpaired) electrons. The van der Waals surface area contributed by atoms with E-state index >= 15 is 0 Å². The van der Waals surface area contributed by atoms with Gasteiger partial charge in [0.15, 0.2) is 0 Å². The van der Waals surface area contributed by atoms with Gasteiger partial charge in [0.05, 0.1) is 18.8 Å². The first kappa shape index (κ1) is 13.9. The highest BCUT2D eigenvalue weighted by Gasteiger charge is 2.07. The number of allylic oxidation sites excluding steroid dienone is 1. The van der Waals surface area contributed by atoms with Crippen LogP contribution < -0.4 is 4.74 Å². The zero-order chi connectivity index (χ0) is 15.4. The Labute approximate surface area is 129 Å². The second kappa shape index (κ2) is 6.15. The highest BCUT2D eigenvalue weighted by molar-refractivity contribution is 6.01. The van der Waals surface area contributed by atoms with Gasteiger partial charge in [-0.05, 0) is 22.9 Å². The molecule has 2 nitrogen and oxygen atoms in total.